The van der Waals surface area contributed by atoms with E-state index in [1.54, 1.807) is 12.4 Å². The molecule has 0 spiro atoms. The Hall–Kier alpha value is -0.510. The second-order valence-corrected chi connectivity index (χ2v) is 4.37. The molecule has 0 aliphatic carbocycles. The van der Waals surface area contributed by atoms with E-state index in [4.69, 9.17) is 0 Å². The monoisotopic (exact) mass is 246 g/mol. The summed E-state index contributed by atoms with van der Waals surface area (Å²) in [5.41, 5.74) is -1.46. The minimum atomic E-state index is -1.46. The molecule has 0 N–H and O–H groups in total. The van der Waals surface area contributed by atoms with Crippen molar-refractivity contribution in [3.8, 4) is 0 Å². The van der Waals surface area contributed by atoms with Crippen LogP contribution < -0.4 is 0 Å². The minimum Gasteiger partial charge on any atom is -0.237 e. The summed E-state index contributed by atoms with van der Waals surface area (Å²) in [7, 11) is 0. The van der Waals surface area contributed by atoms with E-state index in [-0.39, 0.29) is 11.7 Å². The van der Waals surface area contributed by atoms with E-state index in [1.165, 1.54) is 6.92 Å². The Morgan fingerprint density at radius 1 is 1.38 bits per heavy atom. The summed E-state index contributed by atoms with van der Waals surface area (Å²) in [4.78, 5) is 7.88. The summed E-state index contributed by atoms with van der Waals surface area (Å²) in [6.45, 7) is 5.12. The third-order valence-electron chi connectivity index (χ3n) is 2.14. The highest BCUT2D eigenvalue weighted by molar-refractivity contribution is 9.10. The summed E-state index contributed by atoms with van der Waals surface area (Å²) in [6, 6.07) is 0. The normalized spacial score (nSPS) is 15.8. The van der Waals surface area contributed by atoms with E-state index < -0.39 is 5.67 Å². The molecule has 0 amide bonds. The lowest BCUT2D eigenvalue weighted by atomic mass is 9.94. The van der Waals surface area contributed by atoms with Crippen LogP contribution in [0.4, 0.5) is 4.39 Å². The number of hydrogen-bond donors (Lipinski definition) is 0. The van der Waals surface area contributed by atoms with Crippen molar-refractivity contribution in [2.45, 2.75) is 26.4 Å². The van der Waals surface area contributed by atoms with E-state index in [2.05, 4.69) is 25.9 Å². The number of alkyl halides is 1. The highest BCUT2D eigenvalue weighted by Gasteiger charge is 2.32. The number of aromatic nitrogens is 2. The van der Waals surface area contributed by atoms with Gasteiger partial charge in [0.25, 0.3) is 0 Å². The van der Waals surface area contributed by atoms with Gasteiger partial charge in [0.15, 0.2) is 11.5 Å². The summed E-state index contributed by atoms with van der Waals surface area (Å²) >= 11 is 3.20. The first-order chi connectivity index (χ1) is 5.94. The van der Waals surface area contributed by atoms with Crippen molar-refractivity contribution in [3.05, 3.63) is 22.7 Å². The number of rotatable bonds is 2. The maximum absolute atomic E-state index is 13.9. The first kappa shape index (κ1) is 10.6. The summed E-state index contributed by atoms with van der Waals surface area (Å²) in [5, 5.41) is 0. The van der Waals surface area contributed by atoms with Crippen molar-refractivity contribution in [1.29, 1.82) is 0 Å². The first-order valence-electron chi connectivity index (χ1n) is 4.11. The number of nitrogens with zero attached hydrogens (tertiary/aromatic N) is 2. The Kier molecular flexibility index (Phi) is 3.01. The molecule has 0 bridgehead atoms. The van der Waals surface area contributed by atoms with Gasteiger partial charge in [0.2, 0.25) is 0 Å². The van der Waals surface area contributed by atoms with Crippen LogP contribution in [0.2, 0.25) is 0 Å². The molecule has 0 aliphatic rings. The van der Waals surface area contributed by atoms with Crippen LogP contribution in [0.5, 0.6) is 0 Å². The molecular weight excluding hydrogens is 235 g/mol. The molecule has 4 heteroatoms. The lowest BCUT2D eigenvalue weighted by Gasteiger charge is -2.22. The van der Waals surface area contributed by atoms with Crippen molar-refractivity contribution < 1.29 is 4.39 Å². The van der Waals surface area contributed by atoms with E-state index in [9.17, 15) is 4.39 Å². The Balaban J connectivity index is 3.01. The Morgan fingerprint density at radius 2 is 1.85 bits per heavy atom. The highest BCUT2D eigenvalue weighted by Crippen LogP contribution is 2.30. The molecule has 1 aromatic rings. The van der Waals surface area contributed by atoms with Gasteiger partial charge in [-0.2, -0.15) is 0 Å². The first-order valence-corrected chi connectivity index (χ1v) is 4.91. The van der Waals surface area contributed by atoms with Crippen LogP contribution in [0.1, 0.15) is 26.6 Å². The van der Waals surface area contributed by atoms with Crippen LogP contribution in [0, 0.1) is 5.92 Å². The van der Waals surface area contributed by atoms with Crippen LogP contribution in [0.25, 0.3) is 0 Å². The van der Waals surface area contributed by atoms with Gasteiger partial charge >= 0.3 is 0 Å². The maximum Gasteiger partial charge on any atom is 0.169 e. The van der Waals surface area contributed by atoms with Crippen molar-refractivity contribution in [2.24, 2.45) is 5.92 Å². The van der Waals surface area contributed by atoms with E-state index >= 15 is 0 Å². The molecule has 0 saturated carbocycles. The smallest absolute Gasteiger partial charge is 0.169 e. The minimum absolute atomic E-state index is 0.131. The molecule has 0 saturated heterocycles. The Morgan fingerprint density at radius 3 is 2.23 bits per heavy atom. The van der Waals surface area contributed by atoms with Crippen molar-refractivity contribution in [3.63, 3.8) is 0 Å². The molecule has 0 aromatic carbocycles. The number of halogens is 2. The van der Waals surface area contributed by atoms with Gasteiger partial charge in [0.05, 0.1) is 4.47 Å². The van der Waals surface area contributed by atoms with Crippen molar-refractivity contribution in [1.82, 2.24) is 9.97 Å². The van der Waals surface area contributed by atoms with Crippen molar-refractivity contribution in [2.75, 3.05) is 0 Å². The lowest BCUT2D eigenvalue weighted by molar-refractivity contribution is 0.111. The number of hydrogen-bond acceptors (Lipinski definition) is 2. The standard InChI is InChI=1S/C9H12BrFN2/c1-6(2)9(3,11)8-12-4-7(10)5-13-8/h4-6H,1-3H3/t9-/m0/s1. The molecule has 72 valence electrons. The lowest BCUT2D eigenvalue weighted by Crippen LogP contribution is -2.25. The topological polar surface area (TPSA) is 25.8 Å². The van der Waals surface area contributed by atoms with Crippen LogP contribution in [-0.2, 0) is 5.67 Å². The molecular formula is C9H12BrFN2. The SMILES string of the molecule is CC(C)[C@](C)(F)c1ncc(Br)cn1. The third kappa shape index (κ3) is 2.24. The summed E-state index contributed by atoms with van der Waals surface area (Å²) < 4.78 is 14.7. The maximum atomic E-state index is 13.9. The average Bonchev–Trinajstić information content (AvgIpc) is 2.04. The van der Waals surface area contributed by atoms with Crippen LogP contribution in [-0.4, -0.2) is 9.97 Å². The Labute approximate surface area is 85.7 Å². The van der Waals surface area contributed by atoms with Crippen LogP contribution >= 0.6 is 15.9 Å². The van der Waals surface area contributed by atoms with Gasteiger partial charge in [0.1, 0.15) is 0 Å². The molecule has 0 fully saturated rings. The van der Waals surface area contributed by atoms with Gasteiger partial charge < -0.3 is 0 Å². The molecule has 1 aromatic heterocycles. The quantitative estimate of drug-likeness (QED) is 0.802. The van der Waals surface area contributed by atoms with Gasteiger partial charge in [-0.15, -0.1) is 0 Å². The molecule has 1 heterocycles. The largest absolute Gasteiger partial charge is 0.237 e. The predicted octanol–water partition coefficient (Wildman–Crippen LogP) is 3.08. The van der Waals surface area contributed by atoms with E-state index in [0.29, 0.717) is 0 Å². The zero-order valence-electron chi connectivity index (χ0n) is 7.88. The van der Waals surface area contributed by atoms with E-state index in [0.717, 1.165) is 4.47 Å². The molecule has 1 atom stereocenters. The molecule has 0 unspecified atom stereocenters. The fourth-order valence-corrected chi connectivity index (χ4v) is 1.03. The molecule has 1 rings (SSSR count). The van der Waals surface area contributed by atoms with Crippen molar-refractivity contribution >= 4 is 15.9 Å². The fraction of sp³-hybridized carbons (Fsp3) is 0.556. The second-order valence-electron chi connectivity index (χ2n) is 3.46. The van der Waals surface area contributed by atoms with Gasteiger partial charge in [-0.1, -0.05) is 13.8 Å². The molecule has 0 radical (unpaired) electrons. The zero-order valence-corrected chi connectivity index (χ0v) is 9.47. The van der Waals surface area contributed by atoms with Gasteiger partial charge in [-0.3, -0.25) is 0 Å². The summed E-state index contributed by atoms with van der Waals surface area (Å²) in [5.74, 6) is 0.111. The predicted molar refractivity (Wildman–Crippen MR) is 53.0 cm³/mol. The van der Waals surface area contributed by atoms with Gasteiger partial charge in [-0.05, 0) is 28.8 Å². The molecule has 13 heavy (non-hydrogen) atoms. The fourth-order valence-electron chi connectivity index (χ4n) is 0.823. The Bertz CT molecular complexity index is 282. The average molecular weight is 247 g/mol. The van der Waals surface area contributed by atoms with Crippen LogP contribution in [0.15, 0.2) is 16.9 Å². The molecule has 0 aliphatic heterocycles. The second kappa shape index (κ2) is 3.70. The van der Waals surface area contributed by atoms with E-state index in [1.807, 2.05) is 13.8 Å². The van der Waals surface area contributed by atoms with Gasteiger partial charge in [0, 0.05) is 12.4 Å². The highest BCUT2D eigenvalue weighted by atomic mass is 79.9. The molecule has 2 nitrogen and oxygen atoms in total. The van der Waals surface area contributed by atoms with Crippen LogP contribution in [0.3, 0.4) is 0 Å². The zero-order chi connectivity index (χ0) is 10.1. The third-order valence-corrected chi connectivity index (χ3v) is 2.55. The van der Waals surface area contributed by atoms with Gasteiger partial charge in [-0.25, -0.2) is 14.4 Å². The summed E-state index contributed by atoms with van der Waals surface area (Å²) in [6.07, 6.45) is 3.12.